The topological polar surface area (TPSA) is 37.3 Å². The first kappa shape index (κ1) is 12.9. The molecule has 1 aromatic carbocycles. The molecule has 4 atom stereocenters. The fourth-order valence-corrected chi connectivity index (χ4v) is 3.84. The lowest BCUT2D eigenvalue weighted by molar-refractivity contribution is -0.133. The Labute approximate surface area is 114 Å². The molecule has 0 radical (unpaired) electrons. The van der Waals surface area contributed by atoms with Crippen molar-refractivity contribution in [2.45, 2.75) is 44.6 Å². The fraction of sp³-hybridized carbons (Fsp3) is 0.588. The molecule has 4 unspecified atom stereocenters. The monoisotopic (exact) mass is 258 g/mol. The molecule has 1 aromatic rings. The van der Waals surface area contributed by atoms with Crippen LogP contribution in [0.4, 0.5) is 0 Å². The van der Waals surface area contributed by atoms with Gasteiger partial charge in [-0.25, -0.2) is 0 Å². The average molecular weight is 258 g/mol. The maximum atomic E-state index is 11.4. The number of fused-ring (bicyclic) bond motifs is 1. The molecule has 0 aromatic heterocycles. The molecule has 2 saturated carbocycles. The summed E-state index contributed by atoms with van der Waals surface area (Å²) in [5.41, 5.74) is 1.21. The van der Waals surface area contributed by atoms with Crippen LogP contribution in [0.1, 0.15) is 37.7 Å². The molecular weight excluding hydrogens is 236 g/mol. The highest BCUT2D eigenvalue weighted by molar-refractivity contribution is 5.87. The molecule has 0 aliphatic heterocycles. The second kappa shape index (κ2) is 5.46. The third-order valence-corrected chi connectivity index (χ3v) is 5.01. The minimum atomic E-state index is -0.239. The van der Waals surface area contributed by atoms with Gasteiger partial charge in [0.1, 0.15) is 5.78 Å². The average Bonchev–Trinajstić information content (AvgIpc) is 2.74. The zero-order valence-corrected chi connectivity index (χ0v) is 11.3. The normalized spacial score (nSPS) is 30.8. The van der Waals surface area contributed by atoms with Gasteiger partial charge >= 0.3 is 0 Å². The van der Waals surface area contributed by atoms with Crippen molar-refractivity contribution < 1.29 is 9.90 Å². The van der Waals surface area contributed by atoms with E-state index in [9.17, 15) is 9.90 Å². The Balaban J connectivity index is 1.44. The Hall–Kier alpha value is -1.15. The second-order valence-corrected chi connectivity index (χ2v) is 6.20. The fourth-order valence-electron chi connectivity index (χ4n) is 3.84. The summed E-state index contributed by atoms with van der Waals surface area (Å²) in [4.78, 5) is 11.4. The largest absolute Gasteiger partial charge is 0.393 e. The first-order chi connectivity index (χ1) is 9.24. The van der Waals surface area contributed by atoms with Crippen molar-refractivity contribution in [3.63, 3.8) is 0 Å². The molecule has 1 N–H and O–H groups in total. The lowest BCUT2D eigenvalue weighted by Gasteiger charge is -2.32. The maximum Gasteiger partial charge on any atom is 0.136 e. The molecule has 0 bridgehead atoms. The van der Waals surface area contributed by atoms with Crippen molar-refractivity contribution in [3.8, 4) is 0 Å². The SMILES string of the molecule is O=C1CC2C(CCC(O)Cc3ccccc3)CCC12. The summed E-state index contributed by atoms with van der Waals surface area (Å²) < 4.78 is 0. The van der Waals surface area contributed by atoms with Gasteiger partial charge in [-0.05, 0) is 49.5 Å². The predicted molar refractivity (Wildman–Crippen MR) is 74.7 cm³/mol. The smallest absolute Gasteiger partial charge is 0.136 e. The van der Waals surface area contributed by atoms with Gasteiger partial charge in [0.2, 0.25) is 0 Å². The molecule has 2 aliphatic carbocycles. The minimum Gasteiger partial charge on any atom is -0.393 e. The molecule has 2 aliphatic rings. The van der Waals surface area contributed by atoms with Crippen LogP contribution < -0.4 is 0 Å². The van der Waals surface area contributed by atoms with Gasteiger partial charge < -0.3 is 5.11 Å². The number of hydrogen-bond donors (Lipinski definition) is 1. The molecule has 0 amide bonds. The summed E-state index contributed by atoms with van der Waals surface area (Å²) in [6, 6.07) is 10.2. The Morgan fingerprint density at radius 2 is 2.00 bits per heavy atom. The van der Waals surface area contributed by atoms with E-state index >= 15 is 0 Å². The van der Waals surface area contributed by atoms with Crippen LogP contribution in [0.25, 0.3) is 0 Å². The number of aliphatic hydroxyl groups is 1. The zero-order valence-electron chi connectivity index (χ0n) is 11.3. The van der Waals surface area contributed by atoms with E-state index in [0.717, 1.165) is 32.1 Å². The summed E-state index contributed by atoms with van der Waals surface area (Å²) in [6.45, 7) is 0. The number of ketones is 1. The van der Waals surface area contributed by atoms with E-state index in [1.54, 1.807) is 0 Å². The van der Waals surface area contributed by atoms with E-state index < -0.39 is 0 Å². The second-order valence-electron chi connectivity index (χ2n) is 6.20. The standard InChI is InChI=1S/C17H22O2/c18-14(10-12-4-2-1-3-5-12)8-6-13-7-9-15-16(13)11-17(15)19/h1-5,13-16,18H,6-11H2. The summed E-state index contributed by atoms with van der Waals surface area (Å²) in [5.74, 6) is 2.21. The number of carbonyl (C=O) groups excluding carboxylic acids is 1. The first-order valence-electron chi connectivity index (χ1n) is 7.48. The number of aliphatic hydroxyl groups excluding tert-OH is 1. The molecule has 2 fully saturated rings. The number of benzene rings is 1. The van der Waals surface area contributed by atoms with Crippen molar-refractivity contribution in [3.05, 3.63) is 35.9 Å². The van der Waals surface area contributed by atoms with Gasteiger partial charge in [0, 0.05) is 12.3 Å². The molecule has 0 heterocycles. The Bertz CT molecular complexity index is 440. The molecule has 19 heavy (non-hydrogen) atoms. The van der Waals surface area contributed by atoms with E-state index in [1.165, 1.54) is 12.0 Å². The van der Waals surface area contributed by atoms with Gasteiger partial charge in [0.25, 0.3) is 0 Å². The van der Waals surface area contributed by atoms with Gasteiger partial charge in [0.05, 0.1) is 6.10 Å². The third kappa shape index (κ3) is 2.74. The van der Waals surface area contributed by atoms with Gasteiger partial charge in [-0.3, -0.25) is 4.79 Å². The van der Waals surface area contributed by atoms with E-state index in [2.05, 4.69) is 12.1 Å². The van der Waals surface area contributed by atoms with Crippen LogP contribution in [0.2, 0.25) is 0 Å². The molecule has 3 rings (SSSR count). The lowest BCUT2D eigenvalue weighted by atomic mass is 9.70. The van der Waals surface area contributed by atoms with Crippen molar-refractivity contribution in [2.24, 2.45) is 17.8 Å². The lowest BCUT2D eigenvalue weighted by Crippen LogP contribution is -2.36. The Morgan fingerprint density at radius 1 is 1.21 bits per heavy atom. The maximum absolute atomic E-state index is 11.4. The molecule has 2 nitrogen and oxygen atoms in total. The summed E-state index contributed by atoms with van der Waals surface area (Å²) in [7, 11) is 0. The molecule has 0 saturated heterocycles. The number of hydrogen-bond acceptors (Lipinski definition) is 2. The Kier molecular flexibility index (Phi) is 3.69. The summed E-state index contributed by atoms with van der Waals surface area (Å²) in [5, 5.41) is 10.1. The van der Waals surface area contributed by atoms with E-state index in [0.29, 0.717) is 23.5 Å². The molecule has 102 valence electrons. The zero-order chi connectivity index (χ0) is 13.2. The van der Waals surface area contributed by atoms with Crippen molar-refractivity contribution in [1.29, 1.82) is 0 Å². The van der Waals surface area contributed by atoms with Crippen LogP contribution >= 0.6 is 0 Å². The van der Waals surface area contributed by atoms with Gasteiger partial charge in [-0.1, -0.05) is 30.3 Å². The Morgan fingerprint density at radius 3 is 2.68 bits per heavy atom. The number of rotatable bonds is 5. The molecular formula is C17H22O2. The van der Waals surface area contributed by atoms with Gasteiger partial charge in [-0.2, -0.15) is 0 Å². The van der Waals surface area contributed by atoms with Crippen LogP contribution in [-0.2, 0) is 11.2 Å². The highest BCUT2D eigenvalue weighted by atomic mass is 16.3. The van der Waals surface area contributed by atoms with Crippen LogP contribution in [-0.4, -0.2) is 17.0 Å². The van der Waals surface area contributed by atoms with E-state index in [-0.39, 0.29) is 6.10 Å². The minimum absolute atomic E-state index is 0.239. The van der Waals surface area contributed by atoms with Gasteiger partial charge in [0.15, 0.2) is 0 Å². The third-order valence-electron chi connectivity index (χ3n) is 5.01. The highest BCUT2D eigenvalue weighted by Gasteiger charge is 2.47. The summed E-state index contributed by atoms with van der Waals surface area (Å²) >= 11 is 0. The predicted octanol–water partition coefficient (Wildman–Crippen LogP) is 2.99. The first-order valence-corrected chi connectivity index (χ1v) is 7.48. The van der Waals surface area contributed by atoms with Crippen LogP contribution in [0.5, 0.6) is 0 Å². The van der Waals surface area contributed by atoms with Crippen LogP contribution in [0.3, 0.4) is 0 Å². The van der Waals surface area contributed by atoms with E-state index in [4.69, 9.17) is 0 Å². The van der Waals surface area contributed by atoms with Crippen molar-refractivity contribution >= 4 is 5.78 Å². The van der Waals surface area contributed by atoms with Crippen molar-refractivity contribution in [2.75, 3.05) is 0 Å². The quantitative estimate of drug-likeness (QED) is 0.881. The van der Waals surface area contributed by atoms with E-state index in [1.807, 2.05) is 18.2 Å². The van der Waals surface area contributed by atoms with Crippen LogP contribution in [0, 0.1) is 17.8 Å². The number of carbonyl (C=O) groups is 1. The highest BCUT2D eigenvalue weighted by Crippen LogP contribution is 2.49. The van der Waals surface area contributed by atoms with Crippen molar-refractivity contribution in [1.82, 2.24) is 0 Å². The van der Waals surface area contributed by atoms with Gasteiger partial charge in [-0.15, -0.1) is 0 Å². The number of Topliss-reactive ketones (excluding diaryl/α,β-unsaturated/α-hetero) is 1. The molecule has 2 heteroatoms. The van der Waals surface area contributed by atoms with Crippen LogP contribution in [0.15, 0.2) is 30.3 Å². The molecule has 0 spiro atoms. The summed E-state index contributed by atoms with van der Waals surface area (Å²) in [6.07, 6.45) is 5.57.